The number of piperidine rings is 1. The summed E-state index contributed by atoms with van der Waals surface area (Å²) in [6, 6.07) is 2.05. The van der Waals surface area contributed by atoms with E-state index >= 15 is 0 Å². The van der Waals surface area contributed by atoms with Crippen LogP contribution in [0.5, 0.6) is 6.01 Å². The average molecular weight is 347 g/mol. The standard InChI is InChI=1S/C16H21N5O2S/c1-2-13(14(22)20-16-19-8-11-24-16)21-9-4-12(5-10-21)23-15-17-6-3-7-18-15/h3,6-8,11-13H,2,4-5,9-10H2,1H3,(H,19,20,22)/t13-/m0/s1. The van der Waals surface area contributed by atoms with E-state index in [-0.39, 0.29) is 18.1 Å². The highest BCUT2D eigenvalue weighted by Crippen LogP contribution is 2.20. The maximum atomic E-state index is 12.5. The van der Waals surface area contributed by atoms with Crippen molar-refractivity contribution < 1.29 is 9.53 Å². The number of carbonyl (C=O) groups is 1. The molecule has 0 bridgehead atoms. The van der Waals surface area contributed by atoms with Gasteiger partial charge >= 0.3 is 6.01 Å². The summed E-state index contributed by atoms with van der Waals surface area (Å²) in [5.41, 5.74) is 0. The Bertz CT molecular complexity index is 629. The molecule has 1 amide bonds. The maximum Gasteiger partial charge on any atom is 0.316 e. The van der Waals surface area contributed by atoms with Gasteiger partial charge in [-0.25, -0.2) is 15.0 Å². The van der Waals surface area contributed by atoms with E-state index in [9.17, 15) is 4.79 Å². The van der Waals surface area contributed by atoms with Gasteiger partial charge in [0.2, 0.25) is 5.91 Å². The number of carbonyl (C=O) groups excluding carboxylic acids is 1. The third-order valence-electron chi connectivity index (χ3n) is 4.08. The van der Waals surface area contributed by atoms with Crippen LogP contribution in [0.3, 0.4) is 0 Å². The minimum atomic E-state index is -0.136. The lowest BCUT2D eigenvalue weighted by atomic mass is 10.0. The fraction of sp³-hybridized carbons (Fsp3) is 0.500. The second-order valence-electron chi connectivity index (χ2n) is 5.64. The van der Waals surface area contributed by atoms with Crippen molar-refractivity contribution in [1.29, 1.82) is 0 Å². The summed E-state index contributed by atoms with van der Waals surface area (Å²) in [4.78, 5) is 27.0. The number of nitrogens with zero attached hydrogens (tertiary/aromatic N) is 4. The van der Waals surface area contributed by atoms with Crippen molar-refractivity contribution in [3.63, 3.8) is 0 Å². The van der Waals surface area contributed by atoms with Gasteiger partial charge in [0.1, 0.15) is 6.10 Å². The van der Waals surface area contributed by atoms with E-state index in [1.807, 2.05) is 12.3 Å². The van der Waals surface area contributed by atoms with Gasteiger partial charge in [0.15, 0.2) is 5.13 Å². The average Bonchev–Trinajstić information content (AvgIpc) is 3.11. The Labute approximate surface area is 145 Å². The number of nitrogens with one attached hydrogen (secondary N) is 1. The Morgan fingerprint density at radius 2 is 2.08 bits per heavy atom. The lowest BCUT2D eigenvalue weighted by molar-refractivity contribution is -0.122. The van der Waals surface area contributed by atoms with E-state index in [0.717, 1.165) is 32.4 Å². The largest absolute Gasteiger partial charge is 0.460 e. The highest BCUT2D eigenvalue weighted by Gasteiger charge is 2.29. The molecule has 1 saturated heterocycles. The van der Waals surface area contributed by atoms with Crippen molar-refractivity contribution in [3.8, 4) is 6.01 Å². The zero-order chi connectivity index (χ0) is 16.8. The molecule has 128 valence electrons. The van der Waals surface area contributed by atoms with Crippen molar-refractivity contribution in [2.45, 2.75) is 38.3 Å². The van der Waals surface area contributed by atoms with Crippen LogP contribution in [0.25, 0.3) is 0 Å². The summed E-state index contributed by atoms with van der Waals surface area (Å²) in [6.07, 6.45) is 7.63. The molecule has 3 heterocycles. The number of hydrogen-bond donors (Lipinski definition) is 1. The molecule has 0 radical (unpaired) electrons. The molecule has 0 aliphatic carbocycles. The first-order chi connectivity index (χ1) is 11.8. The third-order valence-corrected chi connectivity index (χ3v) is 4.77. The van der Waals surface area contributed by atoms with Crippen LogP contribution in [0.2, 0.25) is 0 Å². The van der Waals surface area contributed by atoms with Gasteiger partial charge in [-0.2, -0.15) is 0 Å². The quantitative estimate of drug-likeness (QED) is 0.863. The summed E-state index contributed by atoms with van der Waals surface area (Å²) in [5.74, 6) is 0.0122. The van der Waals surface area contributed by atoms with Crippen LogP contribution in [0.4, 0.5) is 5.13 Å². The minimum Gasteiger partial charge on any atom is -0.460 e. The molecule has 0 unspecified atom stereocenters. The van der Waals surface area contributed by atoms with Gasteiger partial charge in [0.25, 0.3) is 0 Å². The molecule has 1 aliphatic rings. The molecule has 3 rings (SSSR count). The molecule has 1 fully saturated rings. The summed E-state index contributed by atoms with van der Waals surface area (Å²) in [5, 5.41) is 5.40. The number of amides is 1. The zero-order valence-corrected chi connectivity index (χ0v) is 14.4. The molecule has 0 aromatic carbocycles. The van der Waals surface area contributed by atoms with Crippen molar-refractivity contribution in [2.75, 3.05) is 18.4 Å². The molecule has 0 saturated carbocycles. The molecule has 0 spiro atoms. The van der Waals surface area contributed by atoms with Gasteiger partial charge < -0.3 is 10.1 Å². The fourth-order valence-electron chi connectivity index (χ4n) is 2.88. The van der Waals surface area contributed by atoms with Crippen LogP contribution in [0, 0.1) is 0 Å². The Kier molecular flexibility index (Phi) is 5.71. The van der Waals surface area contributed by atoms with E-state index in [0.29, 0.717) is 11.1 Å². The van der Waals surface area contributed by atoms with Crippen LogP contribution in [0.15, 0.2) is 30.0 Å². The van der Waals surface area contributed by atoms with E-state index in [2.05, 4.69) is 25.2 Å². The van der Waals surface area contributed by atoms with Crippen LogP contribution in [-0.4, -0.2) is 51.0 Å². The van der Waals surface area contributed by atoms with E-state index in [1.54, 1.807) is 24.7 Å². The highest BCUT2D eigenvalue weighted by molar-refractivity contribution is 7.13. The highest BCUT2D eigenvalue weighted by atomic mass is 32.1. The van der Waals surface area contributed by atoms with Crippen LogP contribution in [0.1, 0.15) is 26.2 Å². The van der Waals surface area contributed by atoms with Crippen molar-refractivity contribution >= 4 is 22.4 Å². The molecule has 1 aliphatic heterocycles. The lowest BCUT2D eigenvalue weighted by Gasteiger charge is -2.35. The van der Waals surface area contributed by atoms with E-state index < -0.39 is 0 Å². The number of hydrogen-bond acceptors (Lipinski definition) is 7. The first kappa shape index (κ1) is 16.8. The molecule has 8 heteroatoms. The number of ether oxygens (including phenoxy) is 1. The number of anilines is 1. The van der Waals surface area contributed by atoms with Crippen LogP contribution in [-0.2, 0) is 4.79 Å². The Morgan fingerprint density at radius 3 is 2.71 bits per heavy atom. The molecular weight excluding hydrogens is 326 g/mol. The number of likely N-dealkylation sites (tertiary alicyclic amines) is 1. The first-order valence-electron chi connectivity index (χ1n) is 8.14. The second-order valence-corrected chi connectivity index (χ2v) is 6.53. The smallest absolute Gasteiger partial charge is 0.316 e. The van der Waals surface area contributed by atoms with Crippen molar-refractivity contribution in [3.05, 3.63) is 30.0 Å². The molecular formula is C16H21N5O2S. The van der Waals surface area contributed by atoms with Gasteiger partial charge in [0.05, 0.1) is 6.04 Å². The van der Waals surface area contributed by atoms with Gasteiger partial charge in [-0.1, -0.05) is 6.92 Å². The van der Waals surface area contributed by atoms with Crippen molar-refractivity contribution in [1.82, 2.24) is 19.9 Å². The first-order valence-corrected chi connectivity index (χ1v) is 9.02. The topological polar surface area (TPSA) is 80.2 Å². The lowest BCUT2D eigenvalue weighted by Crippen LogP contribution is -2.49. The minimum absolute atomic E-state index is 0.0122. The van der Waals surface area contributed by atoms with Gasteiger partial charge in [-0.05, 0) is 25.3 Å². The Morgan fingerprint density at radius 1 is 1.33 bits per heavy atom. The molecule has 7 nitrogen and oxygen atoms in total. The summed E-state index contributed by atoms with van der Waals surface area (Å²) >= 11 is 1.43. The second kappa shape index (κ2) is 8.16. The monoisotopic (exact) mass is 347 g/mol. The molecule has 24 heavy (non-hydrogen) atoms. The normalized spacial score (nSPS) is 17.4. The van der Waals surface area contributed by atoms with Gasteiger partial charge in [-0.15, -0.1) is 11.3 Å². The third kappa shape index (κ3) is 4.27. The summed E-state index contributed by atoms with van der Waals surface area (Å²) in [7, 11) is 0. The van der Waals surface area contributed by atoms with Gasteiger partial charge in [-0.3, -0.25) is 9.69 Å². The Balaban J connectivity index is 1.51. The fourth-order valence-corrected chi connectivity index (χ4v) is 3.42. The summed E-state index contributed by atoms with van der Waals surface area (Å²) in [6.45, 7) is 3.68. The predicted octanol–water partition coefficient (Wildman–Crippen LogP) is 2.19. The molecule has 1 N–H and O–H groups in total. The molecule has 2 aromatic heterocycles. The SMILES string of the molecule is CC[C@@H](C(=O)Nc1nccs1)N1CCC(Oc2ncccn2)CC1. The Hall–Kier alpha value is -2.06. The number of thiazole rings is 1. The van der Waals surface area contributed by atoms with E-state index in [1.165, 1.54) is 11.3 Å². The van der Waals surface area contributed by atoms with Crippen molar-refractivity contribution in [2.24, 2.45) is 0 Å². The number of rotatable bonds is 6. The van der Waals surface area contributed by atoms with Gasteiger partial charge in [0, 0.05) is 37.1 Å². The maximum absolute atomic E-state index is 12.5. The zero-order valence-electron chi connectivity index (χ0n) is 13.6. The molecule has 1 atom stereocenters. The van der Waals surface area contributed by atoms with Crippen LogP contribution >= 0.6 is 11.3 Å². The molecule has 2 aromatic rings. The summed E-state index contributed by atoms with van der Waals surface area (Å²) < 4.78 is 5.80. The van der Waals surface area contributed by atoms with Crippen LogP contribution < -0.4 is 10.1 Å². The van der Waals surface area contributed by atoms with E-state index in [4.69, 9.17) is 4.74 Å². The number of aromatic nitrogens is 3. The predicted molar refractivity (Wildman–Crippen MR) is 92.1 cm³/mol.